The number of ether oxygens (including phenoxy) is 1. The van der Waals surface area contributed by atoms with Crippen LogP contribution in [0, 0.1) is 5.92 Å². The normalized spacial score (nSPS) is 20.8. The van der Waals surface area contributed by atoms with Crippen LogP contribution < -0.4 is 4.74 Å². The zero-order chi connectivity index (χ0) is 14.8. The van der Waals surface area contributed by atoms with Gasteiger partial charge in [-0.25, -0.2) is 17.5 Å². The zero-order valence-electron chi connectivity index (χ0n) is 11.1. The largest absolute Gasteiger partial charge is 0.491 e. The quantitative estimate of drug-likeness (QED) is 0.889. The first-order chi connectivity index (χ1) is 9.38. The SMILES string of the molecule is CS(=O)(=O)N1CCCC(COc2ccsc2C(=O)O)C1. The summed E-state index contributed by atoms with van der Waals surface area (Å²) < 4.78 is 30.0. The maximum absolute atomic E-state index is 11.5. The summed E-state index contributed by atoms with van der Waals surface area (Å²) in [6.45, 7) is 1.32. The maximum Gasteiger partial charge on any atom is 0.349 e. The summed E-state index contributed by atoms with van der Waals surface area (Å²) in [6, 6.07) is 1.63. The number of rotatable bonds is 5. The highest BCUT2D eigenvalue weighted by atomic mass is 32.2. The van der Waals surface area contributed by atoms with E-state index in [1.165, 1.54) is 10.6 Å². The molecular weight excluding hydrogens is 302 g/mol. The molecule has 1 saturated heterocycles. The van der Waals surface area contributed by atoms with E-state index in [1.807, 2.05) is 0 Å². The molecule has 1 aliphatic heterocycles. The molecule has 0 amide bonds. The van der Waals surface area contributed by atoms with Gasteiger partial charge >= 0.3 is 5.97 Å². The van der Waals surface area contributed by atoms with E-state index >= 15 is 0 Å². The number of nitrogens with zero attached hydrogens (tertiary/aromatic N) is 1. The van der Waals surface area contributed by atoms with Gasteiger partial charge in [0.15, 0.2) is 4.88 Å². The van der Waals surface area contributed by atoms with Crippen LogP contribution in [0.4, 0.5) is 0 Å². The van der Waals surface area contributed by atoms with Gasteiger partial charge in [-0.1, -0.05) is 0 Å². The van der Waals surface area contributed by atoms with Crippen molar-refractivity contribution in [1.82, 2.24) is 4.31 Å². The molecule has 1 unspecified atom stereocenters. The average Bonchev–Trinajstić information content (AvgIpc) is 2.84. The lowest BCUT2D eigenvalue weighted by molar-refractivity contribution is 0.0696. The Morgan fingerprint density at radius 3 is 3.00 bits per heavy atom. The number of thiophene rings is 1. The third kappa shape index (κ3) is 3.71. The van der Waals surface area contributed by atoms with E-state index in [0.717, 1.165) is 24.2 Å². The van der Waals surface area contributed by atoms with Crippen LogP contribution in [0.1, 0.15) is 22.5 Å². The van der Waals surface area contributed by atoms with Gasteiger partial charge in [0.25, 0.3) is 0 Å². The van der Waals surface area contributed by atoms with Gasteiger partial charge in [-0.3, -0.25) is 0 Å². The van der Waals surface area contributed by atoms with Gasteiger partial charge in [-0.15, -0.1) is 11.3 Å². The van der Waals surface area contributed by atoms with Crippen LogP contribution >= 0.6 is 11.3 Å². The Balaban J connectivity index is 1.94. The lowest BCUT2D eigenvalue weighted by Crippen LogP contribution is -2.40. The van der Waals surface area contributed by atoms with E-state index in [0.29, 0.717) is 25.4 Å². The fourth-order valence-corrected chi connectivity index (χ4v) is 3.85. The first-order valence-electron chi connectivity index (χ1n) is 6.26. The molecule has 0 bridgehead atoms. The van der Waals surface area contributed by atoms with Gasteiger partial charge in [0, 0.05) is 19.0 Å². The van der Waals surface area contributed by atoms with Crippen molar-refractivity contribution in [3.05, 3.63) is 16.3 Å². The summed E-state index contributed by atoms with van der Waals surface area (Å²) in [4.78, 5) is 11.1. The molecule has 2 heterocycles. The Labute approximate surface area is 122 Å². The number of hydrogen-bond acceptors (Lipinski definition) is 5. The minimum atomic E-state index is -3.17. The van der Waals surface area contributed by atoms with Gasteiger partial charge in [0.1, 0.15) is 5.75 Å². The third-order valence-corrected chi connectivity index (χ3v) is 5.40. The molecule has 1 N–H and O–H groups in total. The lowest BCUT2D eigenvalue weighted by Gasteiger charge is -2.30. The number of aromatic carboxylic acids is 1. The van der Waals surface area contributed by atoms with Gasteiger partial charge in [-0.05, 0) is 24.3 Å². The molecule has 2 rings (SSSR count). The summed E-state index contributed by atoms with van der Waals surface area (Å²) in [6.07, 6.45) is 2.90. The highest BCUT2D eigenvalue weighted by Crippen LogP contribution is 2.26. The predicted octanol–water partition coefficient (Wildman–Crippen LogP) is 1.50. The van der Waals surface area contributed by atoms with Crippen LogP contribution in [0.15, 0.2) is 11.4 Å². The fourth-order valence-electron chi connectivity index (χ4n) is 2.24. The second-order valence-corrected chi connectivity index (χ2v) is 7.76. The molecule has 0 aromatic carbocycles. The van der Waals surface area contributed by atoms with Crippen molar-refractivity contribution >= 4 is 27.3 Å². The van der Waals surface area contributed by atoms with Crippen molar-refractivity contribution in [3.8, 4) is 5.75 Å². The molecule has 0 saturated carbocycles. The number of carboxylic acid groups (broad SMARTS) is 1. The summed E-state index contributed by atoms with van der Waals surface area (Å²) in [7, 11) is -3.17. The van der Waals surface area contributed by atoms with Gasteiger partial charge < -0.3 is 9.84 Å². The zero-order valence-corrected chi connectivity index (χ0v) is 12.7. The van der Waals surface area contributed by atoms with Crippen molar-refractivity contribution < 1.29 is 23.1 Å². The molecule has 1 fully saturated rings. The van der Waals surface area contributed by atoms with E-state index < -0.39 is 16.0 Å². The molecule has 6 nitrogen and oxygen atoms in total. The molecule has 1 aliphatic rings. The Bertz CT molecular complexity index is 580. The first-order valence-corrected chi connectivity index (χ1v) is 8.99. The minimum absolute atomic E-state index is 0.0972. The average molecular weight is 319 g/mol. The first kappa shape index (κ1) is 15.3. The number of hydrogen-bond donors (Lipinski definition) is 1. The lowest BCUT2D eigenvalue weighted by atomic mass is 10.0. The van der Waals surface area contributed by atoms with E-state index in [4.69, 9.17) is 9.84 Å². The fraction of sp³-hybridized carbons (Fsp3) is 0.583. The molecular formula is C12H17NO5S2. The number of carbonyl (C=O) groups is 1. The van der Waals surface area contributed by atoms with E-state index in [-0.39, 0.29) is 10.8 Å². The molecule has 1 aromatic heterocycles. The van der Waals surface area contributed by atoms with Crippen LogP contribution in [-0.2, 0) is 10.0 Å². The smallest absolute Gasteiger partial charge is 0.349 e. The van der Waals surface area contributed by atoms with Gasteiger partial charge in [-0.2, -0.15) is 0 Å². The summed E-state index contributed by atoms with van der Waals surface area (Å²) in [5.41, 5.74) is 0. The molecule has 8 heteroatoms. The molecule has 0 spiro atoms. The highest BCUT2D eigenvalue weighted by Gasteiger charge is 2.26. The summed E-state index contributed by atoms with van der Waals surface area (Å²) >= 11 is 1.12. The Kier molecular flexibility index (Phi) is 4.66. The maximum atomic E-state index is 11.5. The van der Waals surface area contributed by atoms with Crippen molar-refractivity contribution in [3.63, 3.8) is 0 Å². The standard InChI is InChI=1S/C12H17NO5S2/c1-20(16,17)13-5-2-3-9(7-13)8-18-10-4-6-19-11(10)12(14)15/h4,6,9H,2-3,5,7-8H2,1H3,(H,14,15). The van der Waals surface area contributed by atoms with Crippen LogP contribution in [0.2, 0.25) is 0 Å². The summed E-state index contributed by atoms with van der Waals surface area (Å²) in [5.74, 6) is -0.546. The van der Waals surface area contributed by atoms with E-state index in [9.17, 15) is 13.2 Å². The number of carboxylic acids is 1. The number of sulfonamides is 1. The van der Waals surface area contributed by atoms with Crippen molar-refractivity contribution in [2.75, 3.05) is 26.0 Å². The highest BCUT2D eigenvalue weighted by molar-refractivity contribution is 7.88. The second kappa shape index (κ2) is 6.11. The van der Waals surface area contributed by atoms with Crippen molar-refractivity contribution in [2.24, 2.45) is 5.92 Å². The van der Waals surface area contributed by atoms with Gasteiger partial charge in [0.2, 0.25) is 10.0 Å². The Hall–Kier alpha value is -1.12. The monoisotopic (exact) mass is 319 g/mol. The molecule has 0 radical (unpaired) electrons. The van der Waals surface area contributed by atoms with E-state index in [2.05, 4.69) is 0 Å². The van der Waals surface area contributed by atoms with Crippen LogP contribution in [0.3, 0.4) is 0 Å². The van der Waals surface area contributed by atoms with Crippen LogP contribution in [-0.4, -0.2) is 49.8 Å². The molecule has 1 aromatic rings. The van der Waals surface area contributed by atoms with Crippen LogP contribution in [0.5, 0.6) is 5.75 Å². The van der Waals surface area contributed by atoms with Crippen LogP contribution in [0.25, 0.3) is 0 Å². The minimum Gasteiger partial charge on any atom is -0.491 e. The summed E-state index contributed by atoms with van der Waals surface area (Å²) in [5, 5.41) is 10.7. The van der Waals surface area contributed by atoms with Crippen molar-refractivity contribution in [1.29, 1.82) is 0 Å². The van der Waals surface area contributed by atoms with E-state index in [1.54, 1.807) is 11.4 Å². The second-order valence-electron chi connectivity index (χ2n) is 4.86. The Morgan fingerprint density at radius 2 is 2.35 bits per heavy atom. The molecule has 0 aliphatic carbocycles. The number of piperidine rings is 1. The molecule has 1 atom stereocenters. The topological polar surface area (TPSA) is 83.9 Å². The molecule has 112 valence electrons. The third-order valence-electron chi connectivity index (χ3n) is 3.25. The Morgan fingerprint density at radius 1 is 1.60 bits per heavy atom. The molecule has 20 heavy (non-hydrogen) atoms. The van der Waals surface area contributed by atoms with Gasteiger partial charge in [0.05, 0.1) is 12.9 Å². The predicted molar refractivity (Wildman–Crippen MR) is 75.9 cm³/mol. The van der Waals surface area contributed by atoms with Crippen molar-refractivity contribution in [2.45, 2.75) is 12.8 Å².